The van der Waals surface area contributed by atoms with Crippen molar-refractivity contribution in [1.82, 2.24) is 15.0 Å². The second-order valence-corrected chi connectivity index (χ2v) is 16.8. The molecule has 2 aliphatic heterocycles. The van der Waals surface area contributed by atoms with E-state index < -0.39 is 20.0 Å². The molecule has 3 heterocycles. The Morgan fingerprint density at radius 1 is 1.11 bits per heavy atom. The summed E-state index contributed by atoms with van der Waals surface area (Å²) in [6.07, 6.45) is 2.28. The molecule has 11 nitrogen and oxygen atoms in total. The number of benzene rings is 3. The van der Waals surface area contributed by atoms with E-state index in [2.05, 4.69) is 15.6 Å². The minimum Gasteiger partial charge on any atom is -0.432 e. The van der Waals surface area contributed by atoms with E-state index >= 15 is 0 Å². The monoisotopic (exact) mass is 640 g/mol. The highest BCUT2D eigenvalue weighted by Gasteiger charge is 2.66. The fourth-order valence-corrected chi connectivity index (χ4v) is 9.73. The number of nitrogens with two attached hydrogens (primary N) is 1. The molecule has 0 saturated carbocycles. The number of rotatable bonds is 10. The number of hydrogen-bond acceptors (Lipinski definition) is 8. The Morgan fingerprint density at radius 3 is 2.54 bits per heavy atom. The lowest BCUT2D eigenvalue weighted by molar-refractivity contribution is -0.146. The van der Waals surface area contributed by atoms with Crippen LogP contribution in [0.3, 0.4) is 0 Å². The average molecular weight is 641 g/mol. The Morgan fingerprint density at radius 2 is 1.85 bits per heavy atom. The molecule has 46 heavy (non-hydrogen) atoms. The van der Waals surface area contributed by atoms with Gasteiger partial charge in [-0.3, -0.25) is 14.3 Å². The number of aromatic nitrogens is 3. The molecule has 240 valence electrons. The van der Waals surface area contributed by atoms with Gasteiger partial charge in [-0.25, -0.2) is 0 Å². The summed E-state index contributed by atoms with van der Waals surface area (Å²) in [7, 11) is -2.88. The van der Waals surface area contributed by atoms with E-state index in [9.17, 15) is 19.5 Å². The van der Waals surface area contributed by atoms with Crippen LogP contribution in [0.1, 0.15) is 40.5 Å². The van der Waals surface area contributed by atoms with Crippen LogP contribution in [-0.4, -0.2) is 57.7 Å². The van der Waals surface area contributed by atoms with Gasteiger partial charge >= 0.3 is 0 Å². The molecule has 0 aliphatic carbocycles. The van der Waals surface area contributed by atoms with Crippen molar-refractivity contribution in [3.63, 3.8) is 0 Å². The SMILES string of the molecule is C[C@@H]1[C@@H]([Si](C)(C)O)[C@H](CCn2cc(CCO)nn2)O[C@@]12C(=O)N(Cc1ccccc1)c1ccc(NC(=O)c3ccc(N)cc3)cc12. The molecule has 2 amide bonds. The van der Waals surface area contributed by atoms with Crippen LogP contribution < -0.4 is 16.0 Å². The topological polar surface area (TPSA) is 156 Å². The summed E-state index contributed by atoms with van der Waals surface area (Å²) in [5.41, 5.74) is 8.79. The van der Waals surface area contributed by atoms with Crippen LogP contribution in [0, 0.1) is 5.92 Å². The number of carbonyl (C=O) groups excluding carboxylic acids is 2. The van der Waals surface area contributed by atoms with Crippen molar-refractivity contribution in [1.29, 1.82) is 0 Å². The third kappa shape index (κ3) is 5.84. The summed E-state index contributed by atoms with van der Waals surface area (Å²) in [5.74, 6) is -0.842. The maximum atomic E-state index is 14.7. The van der Waals surface area contributed by atoms with Gasteiger partial charge in [-0.1, -0.05) is 42.5 Å². The summed E-state index contributed by atoms with van der Waals surface area (Å²) in [6, 6.07) is 22.0. The van der Waals surface area contributed by atoms with Crippen LogP contribution >= 0.6 is 0 Å². The Kier molecular flexibility index (Phi) is 8.55. The van der Waals surface area contributed by atoms with Crippen LogP contribution in [0.2, 0.25) is 18.6 Å². The number of aryl methyl sites for hydroxylation is 1. The van der Waals surface area contributed by atoms with Crippen LogP contribution in [0.25, 0.3) is 0 Å². The minimum atomic E-state index is -2.88. The number of anilines is 3. The quantitative estimate of drug-likeness (QED) is 0.149. The van der Waals surface area contributed by atoms with Gasteiger partial charge in [0.1, 0.15) is 0 Å². The molecule has 5 N–H and O–H groups in total. The standard InChI is InChI=1S/C34H40N6O5Si/c1-22-31(46(2,3)44)30(15-17-39-21-27(16-18-41)37-38-39)45-34(22)28-19-26(36-32(42)24-9-11-25(35)12-10-24)13-14-29(28)40(33(34)43)20-23-7-5-4-6-8-23/h4-14,19,21-22,30-31,41,44H,15-18,20,35H2,1-3H3,(H,36,42)/t22-,30+,31-,34+/m1/s1. The van der Waals surface area contributed by atoms with Crippen molar-refractivity contribution in [2.75, 3.05) is 22.6 Å². The number of amides is 2. The molecule has 3 aromatic carbocycles. The third-order valence-corrected chi connectivity index (χ3v) is 11.7. The average Bonchev–Trinajstić information content (AvgIpc) is 3.67. The van der Waals surface area contributed by atoms with Gasteiger partial charge in [-0.05, 0) is 67.5 Å². The Hall–Kier alpha value is -4.36. The third-order valence-electron chi connectivity index (χ3n) is 9.19. The number of aliphatic hydroxyl groups excluding tert-OH is 1. The Balaban J connectivity index is 1.38. The number of nitrogen functional groups attached to an aromatic ring is 1. The molecule has 1 saturated heterocycles. The largest absolute Gasteiger partial charge is 0.432 e. The first-order valence-electron chi connectivity index (χ1n) is 15.6. The van der Waals surface area contributed by atoms with Crippen LogP contribution in [0.5, 0.6) is 0 Å². The van der Waals surface area contributed by atoms with Crippen LogP contribution in [0.15, 0.2) is 79.0 Å². The number of hydrogen-bond donors (Lipinski definition) is 4. The van der Waals surface area contributed by atoms with Gasteiger partial charge in [0.05, 0.1) is 24.0 Å². The first kappa shape index (κ1) is 31.6. The lowest BCUT2D eigenvalue weighted by Crippen LogP contribution is -2.46. The second-order valence-electron chi connectivity index (χ2n) is 12.8. The van der Waals surface area contributed by atoms with Crippen molar-refractivity contribution < 1.29 is 24.2 Å². The molecule has 4 aromatic rings. The van der Waals surface area contributed by atoms with E-state index in [-0.39, 0.29) is 29.9 Å². The predicted molar refractivity (Wildman–Crippen MR) is 177 cm³/mol. The maximum absolute atomic E-state index is 14.7. The molecule has 0 radical (unpaired) electrons. The normalized spacial score (nSPS) is 22.4. The highest BCUT2D eigenvalue weighted by molar-refractivity contribution is 6.71. The van der Waals surface area contributed by atoms with Crippen molar-refractivity contribution in [2.45, 2.75) is 63.2 Å². The molecule has 0 bridgehead atoms. The summed E-state index contributed by atoms with van der Waals surface area (Å²) in [6.45, 7) is 6.59. The summed E-state index contributed by atoms with van der Waals surface area (Å²) >= 11 is 0. The van der Waals surface area contributed by atoms with E-state index in [1.165, 1.54) is 0 Å². The lowest BCUT2D eigenvalue weighted by Gasteiger charge is -2.32. The fraction of sp³-hybridized carbons (Fsp3) is 0.353. The second kappa shape index (κ2) is 12.4. The van der Waals surface area contributed by atoms with Crippen LogP contribution in [0.4, 0.5) is 17.1 Å². The first-order valence-corrected chi connectivity index (χ1v) is 18.6. The zero-order valence-electron chi connectivity index (χ0n) is 26.3. The highest BCUT2D eigenvalue weighted by Crippen LogP contribution is 2.60. The molecule has 6 rings (SSSR count). The van der Waals surface area contributed by atoms with E-state index in [4.69, 9.17) is 10.5 Å². The van der Waals surface area contributed by atoms with Crippen LogP contribution in [-0.2, 0) is 34.6 Å². The summed E-state index contributed by atoms with van der Waals surface area (Å²) in [4.78, 5) is 41.3. The van der Waals surface area contributed by atoms with Gasteiger partial charge in [0.2, 0.25) is 0 Å². The van der Waals surface area contributed by atoms with Crippen molar-refractivity contribution in [2.24, 2.45) is 5.92 Å². The van der Waals surface area contributed by atoms with Gasteiger partial charge < -0.3 is 30.6 Å². The van der Waals surface area contributed by atoms with E-state index in [1.54, 1.807) is 46.1 Å². The van der Waals surface area contributed by atoms with E-state index in [0.717, 1.165) is 5.56 Å². The number of nitrogens with zero attached hydrogens (tertiary/aromatic N) is 4. The number of carbonyl (C=O) groups is 2. The Bertz CT molecular complexity index is 1720. The predicted octanol–water partition coefficient (Wildman–Crippen LogP) is 4.08. The highest BCUT2D eigenvalue weighted by atomic mass is 28.4. The zero-order chi connectivity index (χ0) is 32.6. The van der Waals surface area contributed by atoms with Gasteiger partial charge in [-0.2, -0.15) is 0 Å². The number of fused-ring (bicyclic) bond motifs is 2. The molecule has 0 unspecified atom stereocenters. The lowest BCUT2D eigenvalue weighted by atomic mass is 9.82. The van der Waals surface area contributed by atoms with E-state index in [0.29, 0.717) is 59.8 Å². The van der Waals surface area contributed by atoms with Crippen molar-refractivity contribution in [3.8, 4) is 0 Å². The Labute approximate surface area is 269 Å². The van der Waals surface area contributed by atoms with Gasteiger partial charge in [-0.15, -0.1) is 5.10 Å². The molecule has 1 spiro atoms. The molecule has 1 fully saturated rings. The fourth-order valence-electron chi connectivity index (χ4n) is 7.12. The number of aliphatic hydroxyl groups is 1. The minimum absolute atomic E-state index is 0.0136. The summed E-state index contributed by atoms with van der Waals surface area (Å²) in [5, 5.41) is 20.6. The molecular weight excluding hydrogens is 600 g/mol. The molecule has 12 heteroatoms. The number of nitrogens with one attached hydrogen (secondary N) is 1. The summed E-state index contributed by atoms with van der Waals surface area (Å²) < 4.78 is 8.67. The smallest absolute Gasteiger partial charge is 0.264 e. The van der Waals surface area contributed by atoms with Crippen molar-refractivity contribution in [3.05, 3.63) is 101 Å². The maximum Gasteiger partial charge on any atom is 0.264 e. The van der Waals surface area contributed by atoms with Gasteiger partial charge in [0.15, 0.2) is 13.9 Å². The molecule has 1 aromatic heterocycles. The zero-order valence-corrected chi connectivity index (χ0v) is 27.3. The van der Waals surface area contributed by atoms with Gasteiger partial charge in [0.25, 0.3) is 11.8 Å². The van der Waals surface area contributed by atoms with Gasteiger partial charge in [0, 0.05) is 59.7 Å². The molecular formula is C34H40N6O5Si. The molecule has 4 atom stereocenters. The van der Waals surface area contributed by atoms with Crippen molar-refractivity contribution >= 4 is 37.2 Å². The van der Waals surface area contributed by atoms with E-state index in [1.807, 2.05) is 62.5 Å². The number of ether oxygens (including phenoxy) is 1. The molecule has 2 aliphatic rings. The first-order chi connectivity index (χ1) is 22.0.